The molecule has 2 fully saturated rings. The maximum atomic E-state index is 13.3. The Bertz CT molecular complexity index is 1120. The van der Waals surface area contributed by atoms with E-state index in [4.69, 9.17) is 4.74 Å². The van der Waals surface area contributed by atoms with Crippen LogP contribution in [0.25, 0.3) is 5.69 Å². The highest BCUT2D eigenvalue weighted by Gasteiger charge is 2.33. The van der Waals surface area contributed by atoms with Gasteiger partial charge in [-0.15, -0.1) is 10.2 Å². The molecule has 0 spiro atoms. The number of nitrogens with zero attached hydrogens (tertiary/aromatic N) is 5. The van der Waals surface area contributed by atoms with Crippen molar-refractivity contribution in [3.63, 3.8) is 0 Å². The van der Waals surface area contributed by atoms with Gasteiger partial charge in [0.15, 0.2) is 5.16 Å². The van der Waals surface area contributed by atoms with Crippen molar-refractivity contribution in [3.8, 4) is 11.4 Å². The van der Waals surface area contributed by atoms with Crippen LogP contribution in [0.15, 0.2) is 53.7 Å². The fourth-order valence-corrected chi connectivity index (χ4v) is 5.17. The molecule has 0 atom stereocenters. The lowest BCUT2D eigenvalue weighted by atomic mass is 10.2. The Kier molecular flexibility index (Phi) is 6.76. The van der Waals surface area contributed by atoms with Crippen molar-refractivity contribution in [2.24, 2.45) is 0 Å². The van der Waals surface area contributed by atoms with Gasteiger partial charge in [0.2, 0.25) is 11.9 Å². The summed E-state index contributed by atoms with van der Waals surface area (Å²) in [5, 5.41) is 9.80. The number of carbonyl (C=O) groups excluding carboxylic acids is 1. The fraction of sp³-hybridized carbons (Fsp3) is 0.423. The molecule has 0 N–H and O–H groups in total. The van der Waals surface area contributed by atoms with Crippen LogP contribution < -0.4 is 9.64 Å². The van der Waals surface area contributed by atoms with E-state index in [0.717, 1.165) is 54.0 Å². The van der Waals surface area contributed by atoms with E-state index in [0.29, 0.717) is 18.3 Å². The van der Waals surface area contributed by atoms with Crippen LogP contribution >= 0.6 is 11.8 Å². The summed E-state index contributed by atoms with van der Waals surface area (Å²) in [6.07, 6.45) is 4.49. The summed E-state index contributed by atoms with van der Waals surface area (Å²) in [5.41, 5.74) is 3.36. The van der Waals surface area contributed by atoms with Crippen LogP contribution in [0.3, 0.4) is 0 Å². The standard InChI is InChI=1S/C26H31N5O2S/c1-19-5-9-22(10-6-19)31-25(29-15-3-4-16-29)27-28-26(31)34-18-24(32)30(21-11-12-21)17-20-7-13-23(33-2)14-8-20/h5-10,13-14,21H,3-4,11-12,15-18H2,1-2H3. The largest absolute Gasteiger partial charge is 0.497 e. The van der Waals surface area contributed by atoms with Gasteiger partial charge in [0, 0.05) is 25.7 Å². The van der Waals surface area contributed by atoms with Gasteiger partial charge in [-0.2, -0.15) is 0 Å². The molecule has 8 heteroatoms. The number of ether oxygens (including phenoxy) is 1. The monoisotopic (exact) mass is 477 g/mol. The van der Waals surface area contributed by atoms with E-state index in [1.807, 2.05) is 29.2 Å². The molecule has 1 saturated carbocycles. The van der Waals surface area contributed by atoms with Crippen LogP contribution in [0.1, 0.15) is 36.8 Å². The molecule has 34 heavy (non-hydrogen) atoms. The zero-order valence-corrected chi connectivity index (χ0v) is 20.6. The number of anilines is 1. The predicted octanol–water partition coefficient (Wildman–Crippen LogP) is 4.47. The van der Waals surface area contributed by atoms with Crippen molar-refractivity contribution >= 4 is 23.6 Å². The zero-order chi connectivity index (χ0) is 23.5. The van der Waals surface area contributed by atoms with Crippen LogP contribution in [0, 0.1) is 6.92 Å². The second-order valence-corrected chi connectivity index (χ2v) is 9.98. The Hall–Kier alpha value is -3.00. The molecule has 0 radical (unpaired) electrons. The number of carbonyl (C=O) groups is 1. The van der Waals surface area contributed by atoms with E-state index in [-0.39, 0.29) is 5.91 Å². The first-order valence-corrected chi connectivity index (χ1v) is 12.9. The normalized spacial score (nSPS) is 15.5. The van der Waals surface area contributed by atoms with E-state index >= 15 is 0 Å². The highest BCUT2D eigenvalue weighted by atomic mass is 32.2. The minimum Gasteiger partial charge on any atom is -0.497 e. The number of hydrogen-bond donors (Lipinski definition) is 0. The molecule has 2 aliphatic rings. The Labute approximate surface area is 205 Å². The minimum atomic E-state index is 0.143. The average molecular weight is 478 g/mol. The van der Waals surface area contributed by atoms with Gasteiger partial charge in [-0.3, -0.25) is 9.36 Å². The summed E-state index contributed by atoms with van der Waals surface area (Å²) in [6, 6.07) is 16.7. The van der Waals surface area contributed by atoms with Crippen molar-refractivity contribution in [1.29, 1.82) is 0 Å². The predicted molar refractivity (Wildman–Crippen MR) is 135 cm³/mol. The molecule has 178 valence electrons. The first-order valence-electron chi connectivity index (χ1n) is 11.9. The van der Waals surface area contributed by atoms with Gasteiger partial charge in [0.1, 0.15) is 5.75 Å². The zero-order valence-electron chi connectivity index (χ0n) is 19.8. The summed E-state index contributed by atoms with van der Waals surface area (Å²) >= 11 is 1.48. The SMILES string of the molecule is COc1ccc(CN(C(=O)CSc2nnc(N3CCCC3)n2-c2ccc(C)cc2)C2CC2)cc1. The summed E-state index contributed by atoms with van der Waals surface area (Å²) in [4.78, 5) is 17.6. The molecule has 1 aliphatic carbocycles. The summed E-state index contributed by atoms with van der Waals surface area (Å²) < 4.78 is 7.36. The van der Waals surface area contributed by atoms with Gasteiger partial charge in [-0.05, 0) is 62.4 Å². The molecule has 1 aromatic heterocycles. The summed E-state index contributed by atoms with van der Waals surface area (Å²) in [6.45, 7) is 4.69. The molecule has 1 amide bonds. The van der Waals surface area contributed by atoms with Crippen LogP contribution in [0.5, 0.6) is 5.75 Å². The third-order valence-electron chi connectivity index (χ3n) is 6.44. The van der Waals surface area contributed by atoms with E-state index in [1.165, 1.54) is 30.2 Å². The number of thioether (sulfide) groups is 1. The van der Waals surface area contributed by atoms with E-state index in [1.54, 1.807) is 7.11 Å². The topological polar surface area (TPSA) is 63.5 Å². The van der Waals surface area contributed by atoms with Gasteiger partial charge < -0.3 is 14.5 Å². The molecule has 5 rings (SSSR count). The van der Waals surface area contributed by atoms with E-state index in [9.17, 15) is 4.79 Å². The lowest BCUT2D eigenvalue weighted by molar-refractivity contribution is -0.129. The first kappa shape index (κ1) is 22.8. The molecule has 1 saturated heterocycles. The van der Waals surface area contributed by atoms with Crippen molar-refractivity contribution < 1.29 is 9.53 Å². The molecule has 0 bridgehead atoms. The second-order valence-electron chi connectivity index (χ2n) is 9.04. The van der Waals surface area contributed by atoms with Crippen LogP contribution in [-0.2, 0) is 11.3 Å². The molecule has 1 aliphatic heterocycles. The third kappa shape index (κ3) is 5.06. The average Bonchev–Trinajstić information content (AvgIpc) is 3.38. The summed E-state index contributed by atoms with van der Waals surface area (Å²) in [5.74, 6) is 2.18. The molecule has 0 unspecified atom stereocenters. The first-order chi connectivity index (χ1) is 16.6. The number of benzene rings is 2. The maximum absolute atomic E-state index is 13.3. The quantitative estimate of drug-likeness (QED) is 0.424. The highest BCUT2D eigenvalue weighted by Crippen LogP contribution is 2.32. The van der Waals surface area contributed by atoms with Crippen molar-refractivity contribution in [3.05, 3.63) is 59.7 Å². The fourth-order valence-electron chi connectivity index (χ4n) is 4.34. The molecular weight excluding hydrogens is 446 g/mol. The Morgan fingerprint density at radius 2 is 1.76 bits per heavy atom. The Morgan fingerprint density at radius 1 is 1.06 bits per heavy atom. The van der Waals surface area contributed by atoms with Crippen molar-refractivity contribution in [2.45, 2.75) is 50.4 Å². The maximum Gasteiger partial charge on any atom is 0.233 e. The number of amides is 1. The van der Waals surface area contributed by atoms with E-state index < -0.39 is 0 Å². The van der Waals surface area contributed by atoms with Crippen LogP contribution in [0.2, 0.25) is 0 Å². The Morgan fingerprint density at radius 3 is 2.41 bits per heavy atom. The van der Waals surface area contributed by atoms with Gasteiger partial charge >= 0.3 is 0 Å². The third-order valence-corrected chi connectivity index (χ3v) is 7.36. The minimum absolute atomic E-state index is 0.143. The summed E-state index contributed by atoms with van der Waals surface area (Å²) in [7, 11) is 1.66. The number of methoxy groups -OCH3 is 1. The number of aryl methyl sites for hydroxylation is 1. The van der Waals surface area contributed by atoms with Crippen LogP contribution in [0.4, 0.5) is 5.95 Å². The molecule has 2 aromatic carbocycles. The molecule has 7 nitrogen and oxygen atoms in total. The highest BCUT2D eigenvalue weighted by molar-refractivity contribution is 7.99. The van der Waals surface area contributed by atoms with E-state index in [2.05, 4.69) is 50.9 Å². The Balaban J connectivity index is 1.33. The lowest BCUT2D eigenvalue weighted by Crippen LogP contribution is -2.34. The number of rotatable bonds is 9. The van der Waals surface area contributed by atoms with Gasteiger partial charge in [0.05, 0.1) is 18.6 Å². The van der Waals surface area contributed by atoms with Gasteiger partial charge in [-0.25, -0.2) is 0 Å². The smallest absolute Gasteiger partial charge is 0.233 e. The van der Waals surface area contributed by atoms with Gasteiger partial charge in [-0.1, -0.05) is 41.6 Å². The number of hydrogen-bond acceptors (Lipinski definition) is 6. The van der Waals surface area contributed by atoms with Gasteiger partial charge in [0.25, 0.3) is 0 Å². The van der Waals surface area contributed by atoms with Crippen LogP contribution in [-0.4, -0.2) is 57.6 Å². The second kappa shape index (κ2) is 10.1. The van der Waals surface area contributed by atoms with Crippen molar-refractivity contribution in [2.75, 3.05) is 30.9 Å². The molecular formula is C26H31N5O2S. The molecule has 2 heterocycles. The van der Waals surface area contributed by atoms with Crippen molar-refractivity contribution in [1.82, 2.24) is 19.7 Å². The lowest BCUT2D eigenvalue weighted by Gasteiger charge is -2.23. The molecule has 3 aromatic rings. The number of aromatic nitrogens is 3.